The fraction of sp³-hybridized carbons (Fsp3) is 0.0833. The molecule has 0 fully saturated rings. The molecule has 8 heteroatoms. The molecule has 0 spiro atoms. The first-order chi connectivity index (χ1) is 9.55. The summed E-state index contributed by atoms with van der Waals surface area (Å²) in [6.07, 6.45) is 1.29. The number of anilines is 1. The fourth-order valence-corrected chi connectivity index (χ4v) is 2.45. The topological polar surface area (TPSA) is 101 Å². The summed E-state index contributed by atoms with van der Waals surface area (Å²) in [6.45, 7) is 0.238. The summed E-state index contributed by atoms with van der Waals surface area (Å²) >= 11 is 0. The molecule has 0 saturated carbocycles. The van der Waals surface area contributed by atoms with E-state index >= 15 is 0 Å². The number of nitrogens with zero attached hydrogens (tertiary/aromatic N) is 1. The first-order valence-electron chi connectivity index (χ1n) is 5.64. The predicted octanol–water partition coefficient (Wildman–Crippen LogP) is 1.26. The Bertz CT molecular complexity index is 746. The summed E-state index contributed by atoms with van der Waals surface area (Å²) in [6, 6.07) is 9.37. The third-order valence-electron chi connectivity index (χ3n) is 2.59. The molecule has 0 unspecified atom stereocenters. The zero-order chi connectivity index (χ0) is 14.2. The molecule has 0 radical (unpaired) electrons. The molecule has 0 bridgehead atoms. The molecule has 1 aromatic carbocycles. The normalized spacial score (nSPS) is 15.0. The number of pyridine rings is 1. The smallest absolute Gasteiger partial charge is 0.483 e. The monoisotopic (exact) mass is 294 g/mol. The van der Waals surface area contributed by atoms with Gasteiger partial charge in [0.1, 0.15) is 6.61 Å². The van der Waals surface area contributed by atoms with Gasteiger partial charge >= 0.3 is 10.4 Å². The third-order valence-corrected chi connectivity index (χ3v) is 3.33. The summed E-state index contributed by atoms with van der Waals surface area (Å²) in [5, 5.41) is 0. The molecule has 0 amide bonds. The molecule has 3 rings (SSSR count). The van der Waals surface area contributed by atoms with Crippen LogP contribution in [0.5, 0.6) is 17.2 Å². The zero-order valence-corrected chi connectivity index (χ0v) is 11.0. The van der Waals surface area contributed by atoms with Gasteiger partial charge in [0.05, 0.1) is 6.20 Å². The Morgan fingerprint density at radius 1 is 1.15 bits per heavy atom. The minimum Gasteiger partial charge on any atom is -0.483 e. The van der Waals surface area contributed by atoms with E-state index in [1.165, 1.54) is 6.20 Å². The van der Waals surface area contributed by atoms with Crippen LogP contribution in [-0.4, -0.2) is 13.4 Å². The van der Waals surface area contributed by atoms with E-state index in [0.717, 1.165) is 5.56 Å². The summed E-state index contributed by atoms with van der Waals surface area (Å²) in [7, 11) is -4.13. The van der Waals surface area contributed by atoms with Gasteiger partial charge in [-0.15, -0.1) is 8.42 Å². The molecule has 0 saturated heterocycles. The van der Waals surface area contributed by atoms with Gasteiger partial charge in [-0.2, -0.15) is 0 Å². The average Bonchev–Trinajstić information content (AvgIpc) is 2.76. The number of aromatic nitrogens is 1. The maximum absolute atomic E-state index is 11.3. The van der Waals surface area contributed by atoms with Gasteiger partial charge in [-0.3, -0.25) is 0 Å². The minimum absolute atomic E-state index is 0.0755. The highest BCUT2D eigenvalue weighted by atomic mass is 32.3. The Balaban J connectivity index is 1.88. The second kappa shape index (κ2) is 4.57. The van der Waals surface area contributed by atoms with E-state index < -0.39 is 10.4 Å². The Morgan fingerprint density at radius 2 is 1.85 bits per heavy atom. The van der Waals surface area contributed by atoms with Crippen LogP contribution in [-0.2, 0) is 17.0 Å². The first-order valence-corrected chi connectivity index (χ1v) is 6.97. The first kappa shape index (κ1) is 12.5. The van der Waals surface area contributed by atoms with Crippen molar-refractivity contribution in [2.75, 3.05) is 5.73 Å². The number of ether oxygens (including phenoxy) is 1. The van der Waals surface area contributed by atoms with Crippen LogP contribution < -0.4 is 18.8 Å². The van der Waals surface area contributed by atoms with E-state index in [-0.39, 0.29) is 29.7 Å². The average molecular weight is 294 g/mol. The van der Waals surface area contributed by atoms with Crippen LogP contribution >= 0.6 is 0 Å². The van der Waals surface area contributed by atoms with Crippen molar-refractivity contribution in [2.24, 2.45) is 0 Å². The highest BCUT2D eigenvalue weighted by Crippen LogP contribution is 2.46. The Hall–Kier alpha value is -2.48. The van der Waals surface area contributed by atoms with E-state index in [1.54, 1.807) is 0 Å². The van der Waals surface area contributed by atoms with E-state index in [9.17, 15) is 8.42 Å². The van der Waals surface area contributed by atoms with Crippen molar-refractivity contribution >= 4 is 16.2 Å². The van der Waals surface area contributed by atoms with Crippen molar-refractivity contribution in [3.63, 3.8) is 0 Å². The van der Waals surface area contributed by atoms with Gasteiger partial charge in [-0.25, -0.2) is 4.98 Å². The largest absolute Gasteiger partial charge is 0.501 e. The predicted molar refractivity (Wildman–Crippen MR) is 69.6 cm³/mol. The summed E-state index contributed by atoms with van der Waals surface area (Å²) in [5.41, 5.74) is 6.45. The number of nitrogens with two attached hydrogens (primary N) is 1. The van der Waals surface area contributed by atoms with Gasteiger partial charge in [0.15, 0.2) is 11.6 Å². The van der Waals surface area contributed by atoms with Crippen LogP contribution in [0.3, 0.4) is 0 Å². The lowest BCUT2D eigenvalue weighted by atomic mass is 10.2. The van der Waals surface area contributed by atoms with Crippen LogP contribution in [0.4, 0.5) is 5.82 Å². The van der Waals surface area contributed by atoms with Crippen molar-refractivity contribution in [3.05, 3.63) is 42.1 Å². The van der Waals surface area contributed by atoms with Gasteiger partial charge < -0.3 is 18.8 Å². The third kappa shape index (κ3) is 2.32. The van der Waals surface area contributed by atoms with Gasteiger partial charge in [0.25, 0.3) is 0 Å². The lowest BCUT2D eigenvalue weighted by Gasteiger charge is -2.08. The molecule has 0 atom stereocenters. The number of benzene rings is 1. The molecule has 2 heterocycles. The van der Waals surface area contributed by atoms with Crippen LogP contribution in [0.2, 0.25) is 0 Å². The van der Waals surface area contributed by atoms with E-state index in [4.69, 9.17) is 14.7 Å². The van der Waals surface area contributed by atoms with Gasteiger partial charge in [-0.05, 0) is 5.56 Å². The Labute approximate surface area is 115 Å². The van der Waals surface area contributed by atoms with Gasteiger partial charge in [0.2, 0.25) is 11.5 Å². The van der Waals surface area contributed by atoms with Crippen molar-refractivity contribution in [1.82, 2.24) is 4.98 Å². The van der Waals surface area contributed by atoms with Gasteiger partial charge in [0, 0.05) is 0 Å². The SMILES string of the molecule is Nc1ncc(OCc2ccccc2)c2c1OS(=O)(=O)O2. The van der Waals surface area contributed by atoms with Crippen LogP contribution in [0, 0.1) is 0 Å². The molecule has 1 aliphatic heterocycles. The van der Waals surface area contributed by atoms with Crippen LogP contribution in [0.15, 0.2) is 36.5 Å². The molecule has 1 aliphatic rings. The Morgan fingerprint density at radius 3 is 2.60 bits per heavy atom. The number of hydrogen-bond acceptors (Lipinski definition) is 7. The molecule has 2 aromatic rings. The molecular formula is C12H10N2O5S. The number of hydrogen-bond donors (Lipinski definition) is 1. The molecular weight excluding hydrogens is 284 g/mol. The molecule has 104 valence electrons. The summed E-state index contributed by atoms with van der Waals surface area (Å²) in [4.78, 5) is 3.81. The van der Waals surface area contributed by atoms with Crippen molar-refractivity contribution in [3.8, 4) is 17.2 Å². The fourth-order valence-electron chi connectivity index (χ4n) is 1.69. The minimum atomic E-state index is -4.13. The highest BCUT2D eigenvalue weighted by molar-refractivity contribution is 7.82. The number of rotatable bonds is 3. The summed E-state index contributed by atoms with van der Waals surface area (Å²) in [5.74, 6) is -0.142. The number of nitrogen functional groups attached to an aromatic ring is 1. The van der Waals surface area contributed by atoms with Crippen LogP contribution in [0.25, 0.3) is 0 Å². The second-order valence-electron chi connectivity index (χ2n) is 4.02. The van der Waals surface area contributed by atoms with E-state index in [1.807, 2.05) is 30.3 Å². The van der Waals surface area contributed by atoms with Gasteiger partial charge in [-0.1, -0.05) is 30.3 Å². The van der Waals surface area contributed by atoms with E-state index in [2.05, 4.69) is 9.17 Å². The number of fused-ring (bicyclic) bond motifs is 1. The lowest BCUT2D eigenvalue weighted by molar-refractivity contribution is 0.296. The molecule has 0 aliphatic carbocycles. The second-order valence-corrected chi connectivity index (χ2v) is 5.16. The van der Waals surface area contributed by atoms with Crippen molar-refractivity contribution < 1.29 is 21.5 Å². The lowest BCUT2D eigenvalue weighted by Crippen LogP contribution is -2.08. The highest BCUT2D eigenvalue weighted by Gasteiger charge is 2.34. The molecule has 20 heavy (non-hydrogen) atoms. The van der Waals surface area contributed by atoms with E-state index in [0.29, 0.717) is 0 Å². The zero-order valence-electron chi connectivity index (χ0n) is 10.1. The maximum Gasteiger partial charge on any atom is 0.501 e. The molecule has 1 aromatic heterocycles. The van der Waals surface area contributed by atoms with Crippen molar-refractivity contribution in [2.45, 2.75) is 6.61 Å². The quantitative estimate of drug-likeness (QED) is 0.909. The van der Waals surface area contributed by atoms with Crippen LogP contribution in [0.1, 0.15) is 5.56 Å². The molecule has 2 N–H and O–H groups in total. The molecule has 7 nitrogen and oxygen atoms in total. The maximum atomic E-state index is 11.3. The van der Waals surface area contributed by atoms with Crippen molar-refractivity contribution in [1.29, 1.82) is 0 Å². The Kier molecular flexibility index (Phi) is 2.87. The standard InChI is InChI=1S/C12H10N2O5S/c13-12-11-10(18-20(15,16)19-11)9(6-14-12)17-7-8-4-2-1-3-5-8/h1-6H,7H2,(H2,13,14). The summed E-state index contributed by atoms with van der Waals surface area (Å²) < 4.78 is 37.4.